The van der Waals surface area contributed by atoms with E-state index >= 15 is 0 Å². The predicted octanol–water partition coefficient (Wildman–Crippen LogP) is 2.37. The zero-order valence-corrected chi connectivity index (χ0v) is 15.3. The van der Waals surface area contributed by atoms with Crippen LogP contribution in [0.5, 0.6) is 0 Å². The Morgan fingerprint density at radius 2 is 2.08 bits per heavy atom. The van der Waals surface area contributed by atoms with Crippen molar-refractivity contribution in [3.63, 3.8) is 0 Å². The standard InChI is InChI=1S/C18H27N3O3S/c1-3-8-14(12-16(22)13-24-11-4-2)17(23)20-21-18(25)19-15-9-6-5-7-10-15/h3,5-7,9-10,14,16,22H,1,4,8,11-13H2,2H3,(H,20,23)(H2,19,21,25)/t14-,16-/m0/s1. The van der Waals surface area contributed by atoms with Gasteiger partial charge in [0.2, 0.25) is 5.91 Å². The number of ether oxygens (including phenoxy) is 1. The van der Waals surface area contributed by atoms with Crippen molar-refractivity contribution in [2.45, 2.75) is 32.3 Å². The van der Waals surface area contributed by atoms with E-state index in [-0.39, 0.29) is 17.6 Å². The lowest BCUT2D eigenvalue weighted by Gasteiger charge is -2.20. The number of allylic oxidation sites excluding steroid dienone is 1. The second-order valence-electron chi connectivity index (χ2n) is 5.62. The molecule has 4 N–H and O–H groups in total. The molecule has 2 atom stereocenters. The van der Waals surface area contributed by atoms with E-state index in [2.05, 4.69) is 22.7 Å². The first-order valence-corrected chi connectivity index (χ1v) is 8.76. The van der Waals surface area contributed by atoms with E-state index in [0.717, 1.165) is 12.1 Å². The zero-order chi connectivity index (χ0) is 18.5. The van der Waals surface area contributed by atoms with Crippen LogP contribution in [0.25, 0.3) is 0 Å². The number of hydrazine groups is 1. The summed E-state index contributed by atoms with van der Waals surface area (Å²) in [6.07, 6.45) is 2.60. The Balaban J connectivity index is 2.41. The van der Waals surface area contributed by atoms with Crippen molar-refractivity contribution in [3.05, 3.63) is 43.0 Å². The topological polar surface area (TPSA) is 82.6 Å². The molecule has 0 unspecified atom stereocenters. The molecule has 0 radical (unpaired) electrons. The van der Waals surface area contributed by atoms with Gasteiger partial charge in [0, 0.05) is 18.2 Å². The van der Waals surface area contributed by atoms with Gasteiger partial charge in [0.1, 0.15) is 0 Å². The summed E-state index contributed by atoms with van der Waals surface area (Å²) in [5, 5.41) is 13.2. The van der Waals surface area contributed by atoms with Crippen LogP contribution in [0.3, 0.4) is 0 Å². The predicted molar refractivity (Wildman–Crippen MR) is 104 cm³/mol. The molecule has 0 aliphatic rings. The summed E-state index contributed by atoms with van der Waals surface area (Å²) in [6.45, 7) is 6.48. The SMILES string of the molecule is C=CC[C@@H](C[C@H](O)COCCC)C(=O)NNC(=S)Nc1ccccc1. The van der Waals surface area contributed by atoms with Crippen molar-refractivity contribution in [1.29, 1.82) is 0 Å². The average Bonchev–Trinajstić information content (AvgIpc) is 2.60. The molecule has 0 aromatic heterocycles. The Bertz CT molecular complexity index is 540. The molecule has 0 spiro atoms. The molecule has 0 fully saturated rings. The molecule has 1 amide bonds. The van der Waals surface area contributed by atoms with Crippen LogP contribution in [0.1, 0.15) is 26.2 Å². The number of amides is 1. The van der Waals surface area contributed by atoms with E-state index in [1.165, 1.54) is 0 Å². The highest BCUT2D eigenvalue weighted by Gasteiger charge is 2.21. The number of rotatable bonds is 10. The molecule has 0 aliphatic carbocycles. The largest absolute Gasteiger partial charge is 0.391 e. The van der Waals surface area contributed by atoms with Crippen molar-refractivity contribution in [3.8, 4) is 0 Å². The number of benzene rings is 1. The minimum absolute atomic E-state index is 0.218. The van der Waals surface area contributed by atoms with Gasteiger partial charge in [-0.2, -0.15) is 0 Å². The molecule has 1 aromatic rings. The molecule has 0 bridgehead atoms. The maximum atomic E-state index is 12.3. The van der Waals surface area contributed by atoms with Crippen molar-refractivity contribution in [1.82, 2.24) is 10.9 Å². The number of carbonyl (C=O) groups excluding carboxylic acids is 1. The third-order valence-electron chi connectivity index (χ3n) is 3.37. The molecule has 0 heterocycles. The average molecular weight is 365 g/mol. The van der Waals surface area contributed by atoms with Gasteiger partial charge in [-0.1, -0.05) is 31.2 Å². The Morgan fingerprint density at radius 1 is 1.36 bits per heavy atom. The van der Waals surface area contributed by atoms with Gasteiger partial charge in [0.25, 0.3) is 0 Å². The lowest BCUT2D eigenvalue weighted by molar-refractivity contribution is -0.126. The summed E-state index contributed by atoms with van der Waals surface area (Å²) in [7, 11) is 0. The van der Waals surface area contributed by atoms with E-state index < -0.39 is 12.0 Å². The van der Waals surface area contributed by atoms with E-state index in [4.69, 9.17) is 17.0 Å². The third-order valence-corrected chi connectivity index (χ3v) is 3.57. The second kappa shape index (κ2) is 12.4. The number of anilines is 1. The molecule has 0 saturated carbocycles. The van der Waals surface area contributed by atoms with Gasteiger partial charge in [-0.3, -0.25) is 15.6 Å². The molecule has 7 heteroatoms. The molecular weight excluding hydrogens is 338 g/mol. The maximum absolute atomic E-state index is 12.3. The summed E-state index contributed by atoms with van der Waals surface area (Å²) >= 11 is 5.14. The van der Waals surface area contributed by atoms with E-state index in [9.17, 15) is 9.90 Å². The number of aliphatic hydroxyl groups excluding tert-OH is 1. The van der Waals surface area contributed by atoms with Crippen LogP contribution >= 0.6 is 12.2 Å². The summed E-state index contributed by atoms with van der Waals surface area (Å²) < 4.78 is 5.31. The van der Waals surface area contributed by atoms with E-state index in [0.29, 0.717) is 19.4 Å². The highest BCUT2D eigenvalue weighted by atomic mass is 32.1. The van der Waals surface area contributed by atoms with Crippen LogP contribution < -0.4 is 16.2 Å². The van der Waals surface area contributed by atoms with Gasteiger partial charge in [-0.25, -0.2) is 0 Å². The van der Waals surface area contributed by atoms with Gasteiger partial charge in [-0.05, 0) is 43.6 Å². The fourth-order valence-corrected chi connectivity index (χ4v) is 2.34. The Labute approximate surface area is 154 Å². The highest BCUT2D eigenvalue weighted by Crippen LogP contribution is 2.13. The van der Waals surface area contributed by atoms with Crippen molar-refractivity contribution >= 4 is 28.9 Å². The Hall–Kier alpha value is -1.96. The fraction of sp³-hybridized carbons (Fsp3) is 0.444. The molecule has 1 aromatic carbocycles. The summed E-state index contributed by atoms with van der Waals surface area (Å²) in [6, 6.07) is 9.39. The Kier molecular flexibility index (Phi) is 10.5. The highest BCUT2D eigenvalue weighted by molar-refractivity contribution is 7.80. The number of para-hydroxylation sites is 1. The van der Waals surface area contributed by atoms with Crippen LogP contribution in [0.4, 0.5) is 5.69 Å². The first-order valence-electron chi connectivity index (χ1n) is 8.35. The third kappa shape index (κ3) is 9.19. The van der Waals surface area contributed by atoms with Gasteiger partial charge >= 0.3 is 0 Å². The normalized spacial score (nSPS) is 12.7. The molecule has 0 aliphatic heterocycles. The number of hydrogen-bond donors (Lipinski definition) is 4. The minimum Gasteiger partial charge on any atom is -0.391 e. The lowest BCUT2D eigenvalue weighted by Crippen LogP contribution is -2.46. The van der Waals surface area contributed by atoms with Gasteiger partial charge < -0.3 is 15.2 Å². The van der Waals surface area contributed by atoms with Gasteiger partial charge in [-0.15, -0.1) is 6.58 Å². The monoisotopic (exact) mass is 365 g/mol. The Morgan fingerprint density at radius 3 is 2.72 bits per heavy atom. The van der Waals surface area contributed by atoms with Crippen molar-refractivity contribution in [2.75, 3.05) is 18.5 Å². The van der Waals surface area contributed by atoms with Crippen LogP contribution in [0.15, 0.2) is 43.0 Å². The first-order chi connectivity index (χ1) is 12.1. The number of hydrogen-bond acceptors (Lipinski definition) is 4. The molecule has 0 saturated heterocycles. The number of carbonyl (C=O) groups is 1. The number of aliphatic hydroxyl groups is 1. The van der Waals surface area contributed by atoms with Gasteiger partial charge in [0.15, 0.2) is 5.11 Å². The van der Waals surface area contributed by atoms with Crippen LogP contribution in [0.2, 0.25) is 0 Å². The maximum Gasteiger partial charge on any atom is 0.241 e. The fourth-order valence-electron chi connectivity index (χ4n) is 2.18. The van der Waals surface area contributed by atoms with Crippen LogP contribution in [0, 0.1) is 5.92 Å². The van der Waals surface area contributed by atoms with Crippen LogP contribution in [-0.2, 0) is 9.53 Å². The first kappa shape index (κ1) is 21.1. The smallest absolute Gasteiger partial charge is 0.241 e. The molecule has 1 rings (SSSR count). The summed E-state index contributed by atoms with van der Waals surface area (Å²) in [4.78, 5) is 12.3. The lowest BCUT2D eigenvalue weighted by atomic mass is 9.97. The minimum atomic E-state index is -0.698. The quantitative estimate of drug-likeness (QED) is 0.221. The van der Waals surface area contributed by atoms with E-state index in [1.807, 2.05) is 37.3 Å². The molecular formula is C18H27N3O3S. The number of thiocarbonyl (C=S) groups is 1. The molecule has 138 valence electrons. The van der Waals surface area contributed by atoms with Crippen molar-refractivity contribution < 1.29 is 14.6 Å². The van der Waals surface area contributed by atoms with E-state index in [1.54, 1.807) is 6.08 Å². The van der Waals surface area contributed by atoms with Crippen LogP contribution in [-0.4, -0.2) is 35.4 Å². The van der Waals surface area contributed by atoms with Gasteiger partial charge in [0.05, 0.1) is 12.7 Å². The summed E-state index contributed by atoms with van der Waals surface area (Å²) in [5.41, 5.74) is 6.06. The molecule has 6 nitrogen and oxygen atoms in total. The zero-order valence-electron chi connectivity index (χ0n) is 14.5. The van der Waals surface area contributed by atoms with Crippen molar-refractivity contribution in [2.24, 2.45) is 5.92 Å². The second-order valence-corrected chi connectivity index (χ2v) is 6.03. The number of nitrogens with one attached hydrogen (secondary N) is 3. The molecule has 25 heavy (non-hydrogen) atoms. The summed E-state index contributed by atoms with van der Waals surface area (Å²) in [5.74, 6) is -0.670.